The van der Waals surface area contributed by atoms with Gasteiger partial charge in [-0.2, -0.15) is 0 Å². The number of halogens is 1. The van der Waals surface area contributed by atoms with Crippen LogP contribution < -0.4 is 15.2 Å². The minimum atomic E-state index is 0.136. The lowest BCUT2D eigenvalue weighted by atomic mass is 10.1. The largest absolute Gasteiger partial charge is 0.489 e. The SMILES string of the molecule is NC/C(=C\F)COc1ccc2nc(OC3CCOCC3)ccc2c1. The predicted molar refractivity (Wildman–Crippen MR) is 90.0 cm³/mol. The van der Waals surface area contributed by atoms with Crippen molar-refractivity contribution in [2.24, 2.45) is 5.73 Å². The minimum absolute atomic E-state index is 0.136. The molecule has 1 aromatic heterocycles. The summed E-state index contributed by atoms with van der Waals surface area (Å²) in [7, 11) is 0. The fourth-order valence-electron chi connectivity index (χ4n) is 2.52. The van der Waals surface area contributed by atoms with E-state index in [2.05, 4.69) is 4.98 Å². The van der Waals surface area contributed by atoms with E-state index in [4.69, 9.17) is 19.9 Å². The molecule has 24 heavy (non-hydrogen) atoms. The summed E-state index contributed by atoms with van der Waals surface area (Å²) >= 11 is 0. The zero-order valence-corrected chi connectivity index (χ0v) is 13.4. The summed E-state index contributed by atoms with van der Waals surface area (Å²) in [6.07, 6.45) is 2.42. The molecule has 0 aliphatic carbocycles. The normalized spacial score (nSPS) is 16.3. The lowest BCUT2D eigenvalue weighted by Crippen LogP contribution is -2.26. The smallest absolute Gasteiger partial charge is 0.214 e. The van der Waals surface area contributed by atoms with Gasteiger partial charge in [-0.3, -0.25) is 0 Å². The quantitative estimate of drug-likeness (QED) is 0.881. The maximum Gasteiger partial charge on any atom is 0.214 e. The van der Waals surface area contributed by atoms with E-state index in [0.29, 0.717) is 23.5 Å². The van der Waals surface area contributed by atoms with Crippen molar-refractivity contribution in [1.82, 2.24) is 4.98 Å². The molecule has 1 aliphatic heterocycles. The number of hydrogen-bond acceptors (Lipinski definition) is 5. The van der Waals surface area contributed by atoms with Gasteiger partial charge in [0.15, 0.2) is 0 Å². The van der Waals surface area contributed by atoms with E-state index in [1.165, 1.54) is 0 Å². The second-order valence-electron chi connectivity index (χ2n) is 5.69. The van der Waals surface area contributed by atoms with Gasteiger partial charge in [-0.05, 0) is 24.3 Å². The number of rotatable bonds is 6. The zero-order valence-electron chi connectivity index (χ0n) is 13.4. The van der Waals surface area contributed by atoms with Gasteiger partial charge in [0, 0.05) is 36.4 Å². The van der Waals surface area contributed by atoms with Gasteiger partial charge in [0.1, 0.15) is 18.5 Å². The molecule has 1 aliphatic rings. The highest BCUT2D eigenvalue weighted by Gasteiger charge is 2.16. The third-order valence-electron chi connectivity index (χ3n) is 3.93. The van der Waals surface area contributed by atoms with Gasteiger partial charge in [0.25, 0.3) is 0 Å². The van der Waals surface area contributed by atoms with Crippen molar-refractivity contribution in [1.29, 1.82) is 0 Å². The van der Waals surface area contributed by atoms with Gasteiger partial charge in [-0.1, -0.05) is 0 Å². The molecular weight excluding hydrogens is 311 g/mol. The van der Waals surface area contributed by atoms with Crippen LogP contribution in [0.3, 0.4) is 0 Å². The Balaban J connectivity index is 1.68. The van der Waals surface area contributed by atoms with E-state index < -0.39 is 0 Å². The van der Waals surface area contributed by atoms with Crippen molar-refractivity contribution in [3.05, 3.63) is 42.2 Å². The van der Waals surface area contributed by atoms with E-state index in [-0.39, 0.29) is 19.3 Å². The summed E-state index contributed by atoms with van der Waals surface area (Å²) < 4.78 is 29.3. The van der Waals surface area contributed by atoms with Crippen molar-refractivity contribution >= 4 is 10.9 Å². The molecule has 2 N–H and O–H groups in total. The summed E-state index contributed by atoms with van der Waals surface area (Å²) in [6, 6.07) is 9.34. The summed E-state index contributed by atoms with van der Waals surface area (Å²) in [5.41, 5.74) is 6.65. The first-order chi connectivity index (χ1) is 11.8. The highest BCUT2D eigenvalue weighted by Crippen LogP contribution is 2.24. The van der Waals surface area contributed by atoms with Crippen molar-refractivity contribution < 1.29 is 18.6 Å². The van der Waals surface area contributed by atoms with E-state index in [1.807, 2.05) is 24.3 Å². The average molecular weight is 332 g/mol. The highest BCUT2D eigenvalue weighted by atomic mass is 19.1. The van der Waals surface area contributed by atoms with Gasteiger partial charge in [0.2, 0.25) is 5.88 Å². The van der Waals surface area contributed by atoms with Crippen molar-refractivity contribution in [2.45, 2.75) is 18.9 Å². The molecule has 128 valence electrons. The number of nitrogens with zero attached hydrogens (tertiary/aromatic N) is 1. The third kappa shape index (κ3) is 4.21. The molecule has 1 saturated heterocycles. The molecule has 2 aromatic rings. The average Bonchev–Trinajstić information content (AvgIpc) is 2.63. The Bertz CT molecular complexity index is 714. The molecule has 0 saturated carbocycles. The van der Waals surface area contributed by atoms with Gasteiger partial charge in [-0.15, -0.1) is 0 Å². The zero-order chi connectivity index (χ0) is 16.8. The molecule has 0 bridgehead atoms. The summed E-state index contributed by atoms with van der Waals surface area (Å²) in [4.78, 5) is 4.53. The maximum atomic E-state index is 12.5. The van der Waals surface area contributed by atoms with Crippen LogP contribution in [0.5, 0.6) is 11.6 Å². The molecule has 1 fully saturated rings. The first kappa shape index (κ1) is 16.7. The van der Waals surface area contributed by atoms with Gasteiger partial charge < -0.3 is 19.9 Å². The molecule has 0 atom stereocenters. The number of hydrogen-bond donors (Lipinski definition) is 1. The summed E-state index contributed by atoms with van der Waals surface area (Å²) in [5.74, 6) is 1.27. The van der Waals surface area contributed by atoms with Gasteiger partial charge in [0.05, 0.1) is 25.1 Å². The van der Waals surface area contributed by atoms with E-state index in [1.54, 1.807) is 6.07 Å². The Kier molecular flexibility index (Phi) is 5.61. The summed E-state index contributed by atoms with van der Waals surface area (Å²) in [5, 5.41) is 0.936. The Morgan fingerprint density at radius 1 is 1.29 bits per heavy atom. The molecule has 0 unspecified atom stereocenters. The van der Waals surface area contributed by atoms with Crippen LogP contribution in [0.2, 0.25) is 0 Å². The molecule has 5 nitrogen and oxygen atoms in total. The Morgan fingerprint density at radius 3 is 2.88 bits per heavy atom. The Hall–Kier alpha value is -2.18. The molecule has 0 amide bonds. The molecule has 1 aromatic carbocycles. The third-order valence-corrected chi connectivity index (χ3v) is 3.93. The lowest BCUT2D eigenvalue weighted by molar-refractivity contribution is 0.0239. The van der Waals surface area contributed by atoms with Gasteiger partial charge >= 0.3 is 0 Å². The lowest BCUT2D eigenvalue weighted by Gasteiger charge is -2.22. The number of aromatic nitrogens is 1. The molecule has 0 radical (unpaired) electrons. The molecule has 6 heteroatoms. The van der Waals surface area contributed by atoms with Crippen LogP contribution in [0.4, 0.5) is 4.39 Å². The standard InChI is InChI=1S/C18H21FN2O3/c19-10-13(11-20)12-23-16-2-3-17-14(9-16)1-4-18(21-17)24-15-5-7-22-8-6-15/h1-4,9-10,15H,5-8,11-12,20H2/b13-10+. The second-order valence-corrected chi connectivity index (χ2v) is 5.69. The summed E-state index contributed by atoms with van der Waals surface area (Å²) in [6.45, 7) is 1.74. The first-order valence-electron chi connectivity index (χ1n) is 8.04. The second kappa shape index (κ2) is 8.08. The van der Waals surface area contributed by atoms with Gasteiger partial charge in [-0.25, -0.2) is 9.37 Å². The fourth-order valence-corrected chi connectivity index (χ4v) is 2.52. The van der Waals surface area contributed by atoms with Crippen molar-refractivity contribution in [2.75, 3.05) is 26.4 Å². The van der Waals surface area contributed by atoms with Crippen LogP contribution >= 0.6 is 0 Å². The Labute approximate surface area is 140 Å². The number of ether oxygens (including phenoxy) is 3. The monoisotopic (exact) mass is 332 g/mol. The van der Waals surface area contributed by atoms with Crippen LogP contribution in [0, 0.1) is 0 Å². The fraction of sp³-hybridized carbons (Fsp3) is 0.389. The van der Waals surface area contributed by atoms with Crippen LogP contribution in [0.1, 0.15) is 12.8 Å². The molecule has 3 rings (SSSR count). The first-order valence-corrected chi connectivity index (χ1v) is 8.04. The molecule has 2 heterocycles. The van der Waals surface area contributed by atoms with E-state index in [0.717, 1.165) is 37.0 Å². The highest BCUT2D eigenvalue weighted by molar-refractivity contribution is 5.80. The van der Waals surface area contributed by atoms with Crippen LogP contribution in [-0.2, 0) is 4.74 Å². The van der Waals surface area contributed by atoms with Crippen LogP contribution in [-0.4, -0.2) is 37.5 Å². The number of pyridine rings is 1. The topological polar surface area (TPSA) is 66.6 Å². The number of fused-ring (bicyclic) bond motifs is 1. The molecule has 0 spiro atoms. The van der Waals surface area contributed by atoms with Crippen molar-refractivity contribution in [3.63, 3.8) is 0 Å². The van der Waals surface area contributed by atoms with Crippen molar-refractivity contribution in [3.8, 4) is 11.6 Å². The minimum Gasteiger partial charge on any atom is -0.489 e. The van der Waals surface area contributed by atoms with Crippen LogP contribution in [0.15, 0.2) is 42.2 Å². The molecular formula is C18H21FN2O3. The Morgan fingerprint density at radius 2 is 2.12 bits per heavy atom. The van der Waals surface area contributed by atoms with E-state index >= 15 is 0 Å². The van der Waals surface area contributed by atoms with Crippen LogP contribution in [0.25, 0.3) is 10.9 Å². The predicted octanol–water partition coefficient (Wildman–Crippen LogP) is 2.98. The van der Waals surface area contributed by atoms with E-state index in [9.17, 15) is 4.39 Å². The maximum absolute atomic E-state index is 12.5. The number of nitrogens with two attached hydrogens (primary N) is 1. The number of benzene rings is 1.